The normalized spacial score (nSPS) is 10.9. The van der Waals surface area contributed by atoms with E-state index in [1.54, 1.807) is 19.2 Å². The van der Waals surface area contributed by atoms with Crippen LogP contribution in [-0.4, -0.2) is 10.8 Å². The molecule has 0 aliphatic heterocycles. The number of ketones is 1. The van der Waals surface area contributed by atoms with Crippen LogP contribution in [0.5, 0.6) is 0 Å². The molecule has 17 heavy (non-hydrogen) atoms. The molecule has 3 aromatic rings. The molecule has 2 aromatic heterocycles. The summed E-state index contributed by atoms with van der Waals surface area (Å²) in [6.07, 6.45) is 3.29. The van der Waals surface area contributed by atoms with E-state index in [2.05, 4.69) is 4.98 Å². The molecule has 3 rings (SSSR count). The number of furan rings is 1. The predicted octanol–water partition coefficient (Wildman–Crippen LogP) is 3.30. The van der Waals surface area contributed by atoms with E-state index in [-0.39, 0.29) is 5.78 Å². The molecule has 3 heteroatoms. The number of aromatic nitrogens is 1. The maximum absolute atomic E-state index is 12.3. The van der Waals surface area contributed by atoms with Crippen LogP contribution in [-0.2, 0) is 0 Å². The van der Waals surface area contributed by atoms with Crippen LogP contribution in [0.2, 0.25) is 0 Å². The van der Waals surface area contributed by atoms with E-state index in [1.807, 2.05) is 24.3 Å². The van der Waals surface area contributed by atoms with Crippen LogP contribution in [0.15, 0.2) is 47.2 Å². The number of benzene rings is 1. The van der Waals surface area contributed by atoms with Gasteiger partial charge in [0.1, 0.15) is 5.76 Å². The fraction of sp³-hybridized carbons (Fsp3) is 0.0714. The van der Waals surface area contributed by atoms with Crippen LogP contribution >= 0.6 is 0 Å². The molecule has 0 amide bonds. The maximum Gasteiger partial charge on any atom is 0.198 e. The molecular formula is C14H11NO2. The Kier molecular flexibility index (Phi) is 2.11. The Balaban J connectivity index is 2.17. The van der Waals surface area contributed by atoms with Crippen LogP contribution in [0.1, 0.15) is 21.7 Å². The van der Waals surface area contributed by atoms with Crippen molar-refractivity contribution in [1.82, 2.24) is 4.98 Å². The molecule has 1 N–H and O–H groups in total. The van der Waals surface area contributed by atoms with Crippen molar-refractivity contribution in [3.8, 4) is 0 Å². The first kappa shape index (κ1) is 9.90. The minimum atomic E-state index is -0.00583. The van der Waals surface area contributed by atoms with E-state index in [1.165, 1.54) is 6.26 Å². The van der Waals surface area contributed by atoms with Gasteiger partial charge < -0.3 is 9.40 Å². The third kappa shape index (κ3) is 1.47. The van der Waals surface area contributed by atoms with Crippen molar-refractivity contribution < 1.29 is 9.21 Å². The van der Waals surface area contributed by atoms with Gasteiger partial charge in [-0.3, -0.25) is 4.79 Å². The summed E-state index contributed by atoms with van der Waals surface area (Å²) < 4.78 is 5.16. The zero-order valence-electron chi connectivity index (χ0n) is 9.36. The van der Waals surface area contributed by atoms with E-state index in [9.17, 15) is 4.79 Å². The van der Waals surface area contributed by atoms with Gasteiger partial charge in [0.05, 0.1) is 11.8 Å². The van der Waals surface area contributed by atoms with Gasteiger partial charge in [-0.25, -0.2) is 0 Å². The molecule has 0 unspecified atom stereocenters. The van der Waals surface area contributed by atoms with Gasteiger partial charge in [-0.05, 0) is 19.1 Å². The van der Waals surface area contributed by atoms with Gasteiger partial charge in [-0.1, -0.05) is 18.2 Å². The number of H-pyrrole nitrogens is 1. The molecule has 0 atom stereocenters. The molecule has 0 aliphatic rings. The highest BCUT2D eigenvalue weighted by molar-refractivity contribution is 6.16. The highest BCUT2D eigenvalue weighted by atomic mass is 16.3. The topological polar surface area (TPSA) is 46.0 Å². The third-order valence-corrected chi connectivity index (χ3v) is 2.94. The molecule has 2 heterocycles. The first-order chi connectivity index (χ1) is 8.27. The second kappa shape index (κ2) is 3.63. The molecule has 0 saturated carbocycles. The zero-order chi connectivity index (χ0) is 11.8. The third-order valence-electron chi connectivity index (χ3n) is 2.94. The average molecular weight is 225 g/mol. The quantitative estimate of drug-likeness (QED) is 0.680. The number of rotatable bonds is 2. The fourth-order valence-electron chi connectivity index (χ4n) is 2.02. The van der Waals surface area contributed by atoms with Crippen molar-refractivity contribution in [1.29, 1.82) is 0 Å². The number of nitrogens with one attached hydrogen (secondary N) is 1. The number of carbonyl (C=O) groups excluding carboxylic acids is 1. The Bertz CT molecular complexity index is 691. The molecule has 0 fully saturated rings. The summed E-state index contributed by atoms with van der Waals surface area (Å²) in [6, 6.07) is 9.47. The number of aromatic amines is 1. The summed E-state index contributed by atoms with van der Waals surface area (Å²) in [5.41, 5.74) is 2.27. The predicted molar refractivity (Wildman–Crippen MR) is 65.2 cm³/mol. The van der Waals surface area contributed by atoms with Crippen molar-refractivity contribution >= 4 is 16.7 Å². The summed E-state index contributed by atoms with van der Waals surface area (Å²) in [5, 5.41) is 0.943. The monoisotopic (exact) mass is 225 g/mol. The maximum atomic E-state index is 12.3. The lowest BCUT2D eigenvalue weighted by Crippen LogP contribution is -2.00. The number of carbonyl (C=O) groups is 1. The van der Waals surface area contributed by atoms with Crippen molar-refractivity contribution in [2.24, 2.45) is 0 Å². The van der Waals surface area contributed by atoms with Gasteiger partial charge in [0.2, 0.25) is 0 Å². The minimum Gasteiger partial charge on any atom is -0.469 e. The van der Waals surface area contributed by atoms with Crippen LogP contribution in [0.3, 0.4) is 0 Å². The highest BCUT2D eigenvalue weighted by Crippen LogP contribution is 2.22. The fourth-order valence-corrected chi connectivity index (χ4v) is 2.02. The Morgan fingerprint density at radius 3 is 2.76 bits per heavy atom. The summed E-state index contributed by atoms with van der Waals surface area (Å²) in [6.45, 7) is 1.79. The smallest absolute Gasteiger partial charge is 0.198 e. The zero-order valence-corrected chi connectivity index (χ0v) is 9.36. The average Bonchev–Trinajstić information content (AvgIpc) is 2.94. The molecule has 0 radical (unpaired) electrons. The molecule has 0 aliphatic carbocycles. The van der Waals surface area contributed by atoms with Crippen molar-refractivity contribution in [3.63, 3.8) is 0 Å². The number of para-hydroxylation sites is 1. The van der Waals surface area contributed by atoms with Crippen LogP contribution in [0.25, 0.3) is 10.9 Å². The van der Waals surface area contributed by atoms with Crippen molar-refractivity contribution in [2.75, 3.05) is 0 Å². The summed E-state index contributed by atoms with van der Waals surface area (Å²) in [7, 11) is 0. The van der Waals surface area contributed by atoms with E-state index in [0.717, 1.165) is 10.9 Å². The Hall–Kier alpha value is -2.29. The summed E-state index contributed by atoms with van der Waals surface area (Å²) in [5.74, 6) is 0.647. The second-order valence-electron chi connectivity index (χ2n) is 3.97. The summed E-state index contributed by atoms with van der Waals surface area (Å²) in [4.78, 5) is 15.4. The van der Waals surface area contributed by atoms with Gasteiger partial charge in [-0.2, -0.15) is 0 Å². The standard InChI is InChI=1S/C14H11NO2/c1-9-10(6-7-17-9)14(16)12-8-15-13-5-3-2-4-11(12)13/h2-8,15H,1H3. The molecule has 3 nitrogen and oxygen atoms in total. The van der Waals surface area contributed by atoms with Gasteiger partial charge in [0.25, 0.3) is 0 Å². The van der Waals surface area contributed by atoms with E-state index < -0.39 is 0 Å². The first-order valence-electron chi connectivity index (χ1n) is 5.42. The Labute approximate surface area is 98.1 Å². The molecule has 0 spiro atoms. The van der Waals surface area contributed by atoms with Gasteiger partial charge in [-0.15, -0.1) is 0 Å². The lowest BCUT2D eigenvalue weighted by atomic mass is 10.0. The molecule has 1 aromatic carbocycles. The van der Waals surface area contributed by atoms with Crippen LogP contribution < -0.4 is 0 Å². The van der Waals surface area contributed by atoms with E-state index in [4.69, 9.17) is 4.42 Å². The number of hydrogen-bond acceptors (Lipinski definition) is 2. The SMILES string of the molecule is Cc1occc1C(=O)c1c[nH]c2ccccc12. The van der Waals surface area contributed by atoms with E-state index >= 15 is 0 Å². The summed E-state index contributed by atoms with van der Waals surface area (Å²) >= 11 is 0. The Morgan fingerprint density at radius 1 is 1.18 bits per heavy atom. The molecule has 84 valence electrons. The molecule has 0 saturated heterocycles. The lowest BCUT2D eigenvalue weighted by molar-refractivity contribution is 0.103. The van der Waals surface area contributed by atoms with Crippen LogP contribution in [0, 0.1) is 6.92 Å². The lowest BCUT2D eigenvalue weighted by Gasteiger charge is -1.97. The number of fused-ring (bicyclic) bond motifs is 1. The minimum absolute atomic E-state index is 0.00583. The van der Waals surface area contributed by atoms with Crippen molar-refractivity contribution in [3.05, 3.63) is 59.7 Å². The van der Waals surface area contributed by atoms with Gasteiger partial charge >= 0.3 is 0 Å². The molecular weight excluding hydrogens is 214 g/mol. The number of aryl methyl sites for hydroxylation is 1. The van der Waals surface area contributed by atoms with Crippen molar-refractivity contribution in [2.45, 2.75) is 6.92 Å². The molecule has 0 bridgehead atoms. The van der Waals surface area contributed by atoms with E-state index in [0.29, 0.717) is 16.9 Å². The largest absolute Gasteiger partial charge is 0.469 e. The highest BCUT2D eigenvalue weighted by Gasteiger charge is 2.17. The van der Waals surface area contributed by atoms with Crippen LogP contribution in [0.4, 0.5) is 0 Å². The van der Waals surface area contributed by atoms with Gasteiger partial charge in [0, 0.05) is 22.7 Å². The Morgan fingerprint density at radius 2 is 2.00 bits per heavy atom. The first-order valence-corrected chi connectivity index (χ1v) is 5.42. The number of hydrogen-bond donors (Lipinski definition) is 1. The van der Waals surface area contributed by atoms with Gasteiger partial charge in [0.15, 0.2) is 5.78 Å². The second-order valence-corrected chi connectivity index (χ2v) is 3.97.